The van der Waals surface area contributed by atoms with Crippen LogP contribution in [-0.4, -0.2) is 27.5 Å². The Morgan fingerprint density at radius 2 is 2.23 bits per heavy atom. The molecule has 1 fully saturated rings. The van der Waals surface area contributed by atoms with Crippen molar-refractivity contribution in [3.8, 4) is 0 Å². The van der Waals surface area contributed by atoms with Crippen LogP contribution in [0.3, 0.4) is 0 Å². The Balaban J connectivity index is 1.56. The van der Waals surface area contributed by atoms with Gasteiger partial charge in [0.05, 0.1) is 21.7 Å². The van der Waals surface area contributed by atoms with Gasteiger partial charge in [0.25, 0.3) is 5.91 Å². The van der Waals surface area contributed by atoms with Crippen LogP contribution in [0, 0.1) is 6.92 Å². The van der Waals surface area contributed by atoms with E-state index in [-0.39, 0.29) is 12.0 Å². The number of aromatic amines is 1. The number of amides is 1. The zero-order valence-electron chi connectivity index (χ0n) is 15.1. The molecule has 1 amide bonds. The van der Waals surface area contributed by atoms with Crippen LogP contribution in [0.25, 0.3) is 11.0 Å². The molecule has 1 atom stereocenters. The molecule has 136 valence electrons. The third-order valence-electron chi connectivity index (χ3n) is 4.51. The minimum atomic E-state index is -0.120. The molecule has 3 aromatic rings. The molecule has 3 heterocycles. The van der Waals surface area contributed by atoms with Crippen molar-refractivity contribution in [1.29, 1.82) is 0 Å². The molecule has 0 saturated carbocycles. The molecule has 1 saturated heterocycles. The van der Waals surface area contributed by atoms with E-state index < -0.39 is 0 Å². The molecular formula is C19H22N4O2S. The highest BCUT2D eigenvalue weighted by Gasteiger charge is 2.21. The molecule has 0 spiro atoms. The molecule has 0 aliphatic carbocycles. The van der Waals surface area contributed by atoms with E-state index in [9.17, 15) is 4.79 Å². The predicted molar refractivity (Wildman–Crippen MR) is 103 cm³/mol. The Hall–Kier alpha value is -2.25. The first-order chi connectivity index (χ1) is 12.5. The topological polar surface area (TPSA) is 79.9 Å². The van der Waals surface area contributed by atoms with Gasteiger partial charge in [-0.1, -0.05) is 13.8 Å². The summed E-state index contributed by atoms with van der Waals surface area (Å²) in [5.74, 6) is 1.06. The van der Waals surface area contributed by atoms with E-state index in [2.05, 4.69) is 34.1 Å². The number of ether oxygens (including phenoxy) is 1. The summed E-state index contributed by atoms with van der Waals surface area (Å²) in [4.78, 5) is 25.7. The number of benzene rings is 1. The van der Waals surface area contributed by atoms with Crippen molar-refractivity contribution in [3.63, 3.8) is 0 Å². The van der Waals surface area contributed by atoms with Crippen molar-refractivity contribution >= 4 is 34.0 Å². The molecule has 7 heteroatoms. The normalized spacial score (nSPS) is 17.3. The molecule has 1 aliphatic heterocycles. The third-order valence-corrected chi connectivity index (χ3v) is 5.96. The van der Waals surface area contributed by atoms with Crippen molar-refractivity contribution in [2.45, 2.75) is 45.6 Å². The predicted octanol–water partition coefficient (Wildman–Crippen LogP) is 4.56. The van der Waals surface area contributed by atoms with Gasteiger partial charge in [-0.25, -0.2) is 9.97 Å². The number of aromatic nitrogens is 3. The van der Waals surface area contributed by atoms with E-state index in [1.165, 1.54) is 11.3 Å². The number of nitrogens with zero attached hydrogens (tertiary/aromatic N) is 2. The van der Waals surface area contributed by atoms with Crippen LogP contribution in [-0.2, 0) is 4.74 Å². The van der Waals surface area contributed by atoms with Gasteiger partial charge in [0.1, 0.15) is 16.8 Å². The number of fused-ring (bicyclic) bond motifs is 1. The molecule has 0 radical (unpaired) electrons. The summed E-state index contributed by atoms with van der Waals surface area (Å²) in [7, 11) is 0. The fourth-order valence-electron chi connectivity index (χ4n) is 3.12. The number of carbonyl (C=O) groups is 1. The lowest BCUT2D eigenvalue weighted by Crippen LogP contribution is -2.11. The monoisotopic (exact) mass is 370 g/mol. The molecule has 4 rings (SSSR count). The van der Waals surface area contributed by atoms with Crippen LogP contribution in [0.5, 0.6) is 0 Å². The quantitative estimate of drug-likeness (QED) is 0.706. The van der Waals surface area contributed by atoms with Gasteiger partial charge in [-0.3, -0.25) is 4.79 Å². The standard InChI is InChI=1S/C19H22N4O2S/c1-10(2)19-20-11(3)16(26-19)18(24)21-12-6-7-13-14(9-12)23-17(22-13)15-5-4-8-25-15/h6-7,9-10,15H,4-5,8H2,1-3H3,(H,21,24)(H,22,23)/t15-/m1/s1. The van der Waals surface area contributed by atoms with Crippen molar-refractivity contribution in [2.24, 2.45) is 0 Å². The third kappa shape index (κ3) is 3.24. The second kappa shape index (κ2) is 6.81. The first-order valence-electron chi connectivity index (χ1n) is 8.91. The molecule has 6 nitrogen and oxygen atoms in total. The van der Waals surface area contributed by atoms with Crippen LogP contribution in [0.2, 0.25) is 0 Å². The van der Waals surface area contributed by atoms with Gasteiger partial charge in [0, 0.05) is 18.2 Å². The highest BCUT2D eigenvalue weighted by atomic mass is 32.1. The summed E-state index contributed by atoms with van der Waals surface area (Å²) in [6.07, 6.45) is 2.11. The zero-order chi connectivity index (χ0) is 18.3. The Kier molecular flexibility index (Phi) is 4.50. The summed E-state index contributed by atoms with van der Waals surface area (Å²) in [5.41, 5.74) is 3.30. The van der Waals surface area contributed by atoms with Gasteiger partial charge in [0.15, 0.2) is 0 Å². The number of hydrogen-bond acceptors (Lipinski definition) is 5. The number of nitrogens with one attached hydrogen (secondary N) is 2. The number of rotatable bonds is 4. The number of thiazole rings is 1. The van der Waals surface area contributed by atoms with Crippen LogP contribution < -0.4 is 5.32 Å². The molecule has 0 bridgehead atoms. The van der Waals surface area contributed by atoms with Crippen molar-refractivity contribution < 1.29 is 9.53 Å². The second-order valence-corrected chi connectivity index (χ2v) is 7.96. The smallest absolute Gasteiger partial charge is 0.267 e. The number of anilines is 1. The highest BCUT2D eigenvalue weighted by Crippen LogP contribution is 2.29. The Bertz CT molecular complexity index is 954. The van der Waals surface area contributed by atoms with Crippen LogP contribution in [0.4, 0.5) is 5.69 Å². The van der Waals surface area contributed by atoms with Crippen molar-refractivity contribution in [1.82, 2.24) is 15.0 Å². The van der Waals surface area contributed by atoms with E-state index in [1.807, 2.05) is 25.1 Å². The largest absolute Gasteiger partial charge is 0.370 e. The number of imidazole rings is 1. The molecule has 2 N–H and O–H groups in total. The Labute approximate surface area is 156 Å². The van der Waals surface area contributed by atoms with E-state index in [0.717, 1.165) is 52.7 Å². The Morgan fingerprint density at radius 3 is 2.92 bits per heavy atom. The van der Waals surface area contributed by atoms with Gasteiger partial charge < -0.3 is 15.0 Å². The number of aryl methyl sites for hydroxylation is 1. The number of carbonyl (C=O) groups excluding carboxylic acids is 1. The fraction of sp³-hybridized carbons (Fsp3) is 0.421. The van der Waals surface area contributed by atoms with Crippen molar-refractivity contribution in [2.75, 3.05) is 11.9 Å². The maximum absolute atomic E-state index is 12.6. The van der Waals surface area contributed by atoms with Gasteiger partial charge in [-0.2, -0.15) is 0 Å². The average molecular weight is 370 g/mol. The van der Waals surface area contributed by atoms with E-state index in [0.29, 0.717) is 10.8 Å². The summed E-state index contributed by atoms with van der Waals surface area (Å²) in [6, 6.07) is 5.71. The van der Waals surface area contributed by atoms with Gasteiger partial charge in [-0.05, 0) is 38.0 Å². The van der Waals surface area contributed by atoms with Gasteiger partial charge in [0.2, 0.25) is 0 Å². The molecule has 1 aliphatic rings. The Morgan fingerprint density at radius 1 is 1.38 bits per heavy atom. The molecular weight excluding hydrogens is 348 g/mol. The van der Waals surface area contributed by atoms with Gasteiger partial charge >= 0.3 is 0 Å². The first-order valence-corrected chi connectivity index (χ1v) is 9.73. The maximum atomic E-state index is 12.6. The minimum absolute atomic E-state index is 0.0507. The van der Waals surface area contributed by atoms with Crippen LogP contribution >= 0.6 is 11.3 Å². The summed E-state index contributed by atoms with van der Waals surface area (Å²) < 4.78 is 5.69. The summed E-state index contributed by atoms with van der Waals surface area (Å²) in [6.45, 7) is 6.83. The lowest BCUT2D eigenvalue weighted by Gasteiger charge is -2.04. The van der Waals surface area contributed by atoms with Crippen molar-refractivity contribution in [3.05, 3.63) is 39.6 Å². The first kappa shape index (κ1) is 17.2. The second-order valence-electron chi connectivity index (χ2n) is 6.93. The lowest BCUT2D eigenvalue weighted by atomic mass is 10.2. The molecule has 0 unspecified atom stereocenters. The number of H-pyrrole nitrogens is 1. The van der Waals surface area contributed by atoms with E-state index in [1.54, 1.807) is 0 Å². The molecule has 26 heavy (non-hydrogen) atoms. The lowest BCUT2D eigenvalue weighted by molar-refractivity contribution is 0.102. The van der Waals surface area contributed by atoms with Crippen LogP contribution in [0.15, 0.2) is 18.2 Å². The van der Waals surface area contributed by atoms with Gasteiger partial charge in [-0.15, -0.1) is 11.3 Å². The zero-order valence-corrected chi connectivity index (χ0v) is 15.9. The average Bonchev–Trinajstić information content (AvgIpc) is 3.32. The molecule has 2 aromatic heterocycles. The summed E-state index contributed by atoms with van der Waals surface area (Å²) >= 11 is 1.46. The van der Waals surface area contributed by atoms with E-state index >= 15 is 0 Å². The SMILES string of the molecule is Cc1nc(C(C)C)sc1C(=O)Nc1ccc2nc([C@H]3CCCO3)[nH]c2c1. The highest BCUT2D eigenvalue weighted by molar-refractivity contribution is 7.14. The molecule has 1 aromatic carbocycles. The van der Waals surface area contributed by atoms with Crippen LogP contribution in [0.1, 0.15) is 64.9 Å². The summed E-state index contributed by atoms with van der Waals surface area (Å²) in [5, 5.41) is 3.96. The fourth-order valence-corrected chi connectivity index (χ4v) is 4.08. The number of hydrogen-bond donors (Lipinski definition) is 2. The maximum Gasteiger partial charge on any atom is 0.267 e. The minimum Gasteiger partial charge on any atom is -0.370 e. The van der Waals surface area contributed by atoms with E-state index in [4.69, 9.17) is 4.74 Å².